The van der Waals surface area contributed by atoms with Gasteiger partial charge in [0.2, 0.25) is 10.0 Å². The number of hydrogen-bond acceptors (Lipinski definition) is 4. The molecule has 27 heavy (non-hydrogen) atoms. The van der Waals surface area contributed by atoms with Crippen LogP contribution in [0.15, 0.2) is 47.4 Å². The summed E-state index contributed by atoms with van der Waals surface area (Å²) in [4.78, 5) is 0.209. The predicted molar refractivity (Wildman–Crippen MR) is 106 cm³/mol. The first-order valence-corrected chi connectivity index (χ1v) is 10.8. The minimum absolute atomic E-state index is 0.206. The lowest BCUT2D eigenvalue weighted by molar-refractivity contribution is 0.328. The van der Waals surface area contributed by atoms with E-state index in [9.17, 15) is 8.42 Å². The highest BCUT2D eigenvalue weighted by Crippen LogP contribution is 2.37. The molecule has 3 rings (SSSR count). The van der Waals surface area contributed by atoms with E-state index in [2.05, 4.69) is 0 Å². The fourth-order valence-electron chi connectivity index (χ4n) is 3.50. The molecule has 0 unspecified atom stereocenters. The van der Waals surface area contributed by atoms with Gasteiger partial charge in [-0.3, -0.25) is 0 Å². The average molecular weight is 410 g/mol. The number of halogens is 1. The molecule has 0 N–H and O–H groups in total. The van der Waals surface area contributed by atoms with E-state index in [-0.39, 0.29) is 10.9 Å². The van der Waals surface area contributed by atoms with Crippen LogP contribution >= 0.6 is 11.6 Å². The molecule has 1 aliphatic heterocycles. The first-order valence-electron chi connectivity index (χ1n) is 8.96. The Morgan fingerprint density at radius 3 is 2.33 bits per heavy atom. The van der Waals surface area contributed by atoms with Gasteiger partial charge in [-0.05, 0) is 42.7 Å². The SMILES string of the molecule is COc1ccc(S(=O)(=O)N2CCCCC[C@@H]2c2ccc(Cl)cc2)cc1OC. The van der Waals surface area contributed by atoms with Gasteiger partial charge in [0.15, 0.2) is 11.5 Å². The van der Waals surface area contributed by atoms with Crippen molar-refractivity contribution in [1.29, 1.82) is 0 Å². The van der Waals surface area contributed by atoms with Gasteiger partial charge in [-0.2, -0.15) is 4.31 Å². The summed E-state index contributed by atoms with van der Waals surface area (Å²) >= 11 is 6.01. The fraction of sp³-hybridized carbons (Fsp3) is 0.400. The third-order valence-corrected chi connectivity index (χ3v) is 7.08. The highest BCUT2D eigenvalue weighted by molar-refractivity contribution is 7.89. The molecule has 1 aliphatic rings. The normalized spacial score (nSPS) is 18.7. The molecule has 1 heterocycles. The summed E-state index contributed by atoms with van der Waals surface area (Å²) in [6.07, 6.45) is 3.64. The van der Waals surface area contributed by atoms with E-state index in [0.29, 0.717) is 23.1 Å². The van der Waals surface area contributed by atoms with Crippen LogP contribution in [0.25, 0.3) is 0 Å². The number of hydrogen-bond donors (Lipinski definition) is 0. The van der Waals surface area contributed by atoms with Crippen molar-refractivity contribution >= 4 is 21.6 Å². The zero-order valence-corrected chi connectivity index (χ0v) is 17.1. The number of benzene rings is 2. The van der Waals surface area contributed by atoms with Crippen molar-refractivity contribution in [2.24, 2.45) is 0 Å². The largest absolute Gasteiger partial charge is 0.493 e. The molecule has 0 spiro atoms. The van der Waals surface area contributed by atoms with E-state index in [1.165, 1.54) is 20.3 Å². The van der Waals surface area contributed by atoms with Crippen LogP contribution in [-0.4, -0.2) is 33.5 Å². The first-order chi connectivity index (χ1) is 13.0. The molecule has 5 nitrogen and oxygen atoms in total. The Hall–Kier alpha value is -1.76. The van der Waals surface area contributed by atoms with Gasteiger partial charge in [0.25, 0.3) is 0 Å². The van der Waals surface area contributed by atoms with Crippen molar-refractivity contribution in [2.45, 2.75) is 36.6 Å². The minimum Gasteiger partial charge on any atom is -0.493 e. The molecule has 0 bridgehead atoms. The predicted octanol–water partition coefficient (Wildman–Crippen LogP) is 4.66. The number of nitrogens with zero attached hydrogens (tertiary/aromatic N) is 1. The Kier molecular flexibility index (Phi) is 6.29. The summed E-state index contributed by atoms with van der Waals surface area (Å²) in [7, 11) is -0.664. The molecule has 1 atom stereocenters. The van der Waals surface area contributed by atoms with Gasteiger partial charge >= 0.3 is 0 Å². The van der Waals surface area contributed by atoms with Crippen molar-refractivity contribution in [1.82, 2.24) is 4.31 Å². The van der Waals surface area contributed by atoms with E-state index >= 15 is 0 Å². The van der Waals surface area contributed by atoms with Crippen molar-refractivity contribution in [3.05, 3.63) is 53.1 Å². The lowest BCUT2D eigenvalue weighted by Crippen LogP contribution is -2.34. The van der Waals surface area contributed by atoms with E-state index < -0.39 is 10.0 Å². The highest BCUT2D eigenvalue weighted by atomic mass is 35.5. The van der Waals surface area contributed by atoms with Crippen molar-refractivity contribution in [3.63, 3.8) is 0 Å². The Morgan fingerprint density at radius 2 is 1.67 bits per heavy atom. The maximum absolute atomic E-state index is 13.5. The van der Waals surface area contributed by atoms with Crippen LogP contribution in [0.2, 0.25) is 5.02 Å². The third-order valence-electron chi connectivity index (χ3n) is 4.92. The van der Waals surface area contributed by atoms with Crippen LogP contribution in [0.5, 0.6) is 11.5 Å². The van der Waals surface area contributed by atoms with Crippen LogP contribution in [0.1, 0.15) is 37.3 Å². The van der Waals surface area contributed by atoms with E-state index in [0.717, 1.165) is 31.2 Å². The molecule has 0 aromatic heterocycles. The molecule has 1 fully saturated rings. The molecule has 146 valence electrons. The van der Waals surface area contributed by atoms with Gasteiger partial charge in [-0.1, -0.05) is 36.6 Å². The van der Waals surface area contributed by atoms with E-state index in [1.807, 2.05) is 24.3 Å². The molecule has 0 radical (unpaired) electrons. The smallest absolute Gasteiger partial charge is 0.243 e. The van der Waals surface area contributed by atoms with Crippen molar-refractivity contribution in [2.75, 3.05) is 20.8 Å². The fourth-order valence-corrected chi connectivity index (χ4v) is 5.32. The molecule has 0 saturated carbocycles. The summed E-state index contributed by atoms with van der Waals surface area (Å²) in [5.74, 6) is 0.901. The van der Waals surface area contributed by atoms with Gasteiger partial charge in [0.05, 0.1) is 25.2 Å². The number of ether oxygens (including phenoxy) is 2. The topological polar surface area (TPSA) is 55.8 Å². The first kappa shape index (κ1) is 20.0. The van der Waals surface area contributed by atoms with Gasteiger partial charge < -0.3 is 9.47 Å². The maximum Gasteiger partial charge on any atom is 0.243 e. The standard InChI is InChI=1S/C20H24ClNO4S/c1-25-19-12-11-17(14-20(19)26-2)27(23,24)22-13-5-3-4-6-18(22)15-7-9-16(21)10-8-15/h7-12,14,18H,3-6,13H2,1-2H3/t18-/m1/s1. The minimum atomic E-state index is -3.69. The lowest BCUT2D eigenvalue weighted by atomic mass is 10.0. The van der Waals surface area contributed by atoms with Crippen LogP contribution < -0.4 is 9.47 Å². The average Bonchev–Trinajstić information content (AvgIpc) is 2.94. The second-order valence-electron chi connectivity index (χ2n) is 6.55. The van der Waals surface area contributed by atoms with Crippen molar-refractivity contribution in [3.8, 4) is 11.5 Å². The summed E-state index contributed by atoms with van der Waals surface area (Å²) < 4.78 is 39.1. The second kappa shape index (κ2) is 8.50. The molecule has 0 amide bonds. The Bertz CT molecular complexity index is 883. The Labute approximate surface area is 165 Å². The molecule has 2 aromatic carbocycles. The molecule has 2 aromatic rings. The monoisotopic (exact) mass is 409 g/mol. The number of rotatable bonds is 5. The van der Waals surface area contributed by atoms with Gasteiger partial charge in [0, 0.05) is 17.6 Å². The molecular formula is C20H24ClNO4S. The van der Waals surface area contributed by atoms with E-state index in [4.69, 9.17) is 21.1 Å². The Balaban J connectivity index is 2.02. The highest BCUT2D eigenvalue weighted by Gasteiger charge is 2.34. The quantitative estimate of drug-likeness (QED) is 0.720. The summed E-state index contributed by atoms with van der Waals surface area (Å²) in [6.45, 7) is 0.490. The second-order valence-corrected chi connectivity index (χ2v) is 8.88. The molecular weight excluding hydrogens is 386 g/mol. The number of methoxy groups -OCH3 is 2. The van der Waals surface area contributed by atoms with Gasteiger partial charge in [-0.25, -0.2) is 8.42 Å². The zero-order valence-electron chi connectivity index (χ0n) is 15.5. The summed E-state index contributed by atoms with van der Waals surface area (Å²) in [6, 6.07) is 12.0. The molecule has 7 heteroatoms. The maximum atomic E-state index is 13.5. The third kappa shape index (κ3) is 4.23. The lowest BCUT2D eigenvalue weighted by Gasteiger charge is -2.29. The van der Waals surface area contributed by atoms with Crippen molar-refractivity contribution < 1.29 is 17.9 Å². The summed E-state index contributed by atoms with van der Waals surface area (Å²) in [5.41, 5.74) is 0.963. The van der Waals surface area contributed by atoms with Crippen LogP contribution in [0.3, 0.4) is 0 Å². The van der Waals surface area contributed by atoms with Crippen LogP contribution in [0, 0.1) is 0 Å². The Morgan fingerprint density at radius 1 is 0.963 bits per heavy atom. The van der Waals surface area contributed by atoms with Crippen LogP contribution in [-0.2, 0) is 10.0 Å². The molecule has 0 aliphatic carbocycles. The molecule has 1 saturated heterocycles. The van der Waals surface area contributed by atoms with Gasteiger partial charge in [0.1, 0.15) is 0 Å². The summed E-state index contributed by atoms with van der Waals surface area (Å²) in [5, 5.41) is 0.640. The van der Waals surface area contributed by atoms with Gasteiger partial charge in [-0.15, -0.1) is 0 Å². The zero-order chi connectivity index (χ0) is 19.4. The number of sulfonamides is 1. The van der Waals surface area contributed by atoms with Crippen LogP contribution in [0.4, 0.5) is 0 Å². The van der Waals surface area contributed by atoms with E-state index in [1.54, 1.807) is 16.4 Å².